The van der Waals surface area contributed by atoms with Crippen LogP contribution in [0.3, 0.4) is 0 Å². The highest BCUT2D eigenvalue weighted by molar-refractivity contribution is 7.91. The summed E-state index contributed by atoms with van der Waals surface area (Å²) in [6, 6.07) is 1.61. The average molecular weight is 289 g/mol. The predicted molar refractivity (Wildman–Crippen MR) is 72.1 cm³/mol. The van der Waals surface area contributed by atoms with Crippen LogP contribution in [0.1, 0.15) is 44.1 Å². The summed E-state index contributed by atoms with van der Waals surface area (Å²) >= 11 is 1.16. The summed E-state index contributed by atoms with van der Waals surface area (Å²) in [5.74, 6) is 0. The monoisotopic (exact) mass is 289 g/mol. The Morgan fingerprint density at radius 1 is 1.28 bits per heavy atom. The molecule has 1 fully saturated rings. The molecule has 1 aliphatic carbocycles. The van der Waals surface area contributed by atoms with Crippen molar-refractivity contribution in [1.29, 1.82) is 0 Å². The molecule has 0 amide bonds. The highest BCUT2D eigenvalue weighted by atomic mass is 32.2. The molecule has 0 aliphatic heterocycles. The van der Waals surface area contributed by atoms with Gasteiger partial charge in [-0.3, -0.25) is 0 Å². The fourth-order valence-electron chi connectivity index (χ4n) is 2.25. The summed E-state index contributed by atoms with van der Waals surface area (Å²) in [6.45, 7) is -0.116. The van der Waals surface area contributed by atoms with Gasteiger partial charge >= 0.3 is 0 Å². The molecule has 1 aromatic heterocycles. The quantitative estimate of drug-likeness (QED) is 0.835. The van der Waals surface area contributed by atoms with Crippen LogP contribution >= 0.6 is 11.3 Å². The van der Waals surface area contributed by atoms with Crippen molar-refractivity contribution in [2.75, 3.05) is 0 Å². The van der Waals surface area contributed by atoms with Gasteiger partial charge in [0.2, 0.25) is 10.0 Å². The molecule has 1 saturated carbocycles. The van der Waals surface area contributed by atoms with Crippen LogP contribution in [0.15, 0.2) is 15.7 Å². The van der Waals surface area contributed by atoms with Gasteiger partial charge < -0.3 is 5.11 Å². The molecule has 2 N–H and O–H groups in total. The third-order valence-corrected chi connectivity index (χ3v) is 6.26. The molecular weight excluding hydrogens is 270 g/mol. The molecule has 0 unspecified atom stereocenters. The Morgan fingerprint density at radius 2 is 1.94 bits per heavy atom. The summed E-state index contributed by atoms with van der Waals surface area (Å²) in [4.78, 5) is 0. The number of aliphatic hydroxyl groups is 1. The maximum Gasteiger partial charge on any atom is 0.250 e. The molecule has 18 heavy (non-hydrogen) atoms. The van der Waals surface area contributed by atoms with Gasteiger partial charge in [-0.2, -0.15) is 0 Å². The van der Waals surface area contributed by atoms with Crippen LogP contribution in [0, 0.1) is 0 Å². The SMILES string of the molecule is O=S(=O)(NC1CCCCCC1)c1cc(CO)cs1. The summed E-state index contributed by atoms with van der Waals surface area (Å²) in [5.41, 5.74) is 0.654. The number of thiophene rings is 1. The minimum atomic E-state index is -3.41. The minimum Gasteiger partial charge on any atom is -0.392 e. The van der Waals surface area contributed by atoms with Gasteiger partial charge in [-0.1, -0.05) is 25.7 Å². The highest BCUT2D eigenvalue weighted by Gasteiger charge is 2.22. The first-order valence-corrected chi connectivity index (χ1v) is 8.69. The van der Waals surface area contributed by atoms with E-state index in [0.717, 1.165) is 37.0 Å². The zero-order valence-corrected chi connectivity index (χ0v) is 11.9. The number of aliphatic hydroxyl groups excluding tert-OH is 1. The van der Waals surface area contributed by atoms with Gasteiger partial charge in [0, 0.05) is 6.04 Å². The Bertz CT molecular complexity index is 473. The number of sulfonamides is 1. The van der Waals surface area contributed by atoms with Crippen LogP contribution < -0.4 is 4.72 Å². The van der Waals surface area contributed by atoms with Gasteiger partial charge in [-0.05, 0) is 29.9 Å². The summed E-state index contributed by atoms with van der Waals surface area (Å²) in [6.07, 6.45) is 6.45. The molecule has 6 heteroatoms. The fraction of sp³-hybridized carbons (Fsp3) is 0.667. The lowest BCUT2D eigenvalue weighted by molar-refractivity contribution is 0.282. The van der Waals surface area contributed by atoms with Gasteiger partial charge in [0.05, 0.1) is 6.61 Å². The van der Waals surface area contributed by atoms with Crippen molar-refractivity contribution in [3.63, 3.8) is 0 Å². The van der Waals surface area contributed by atoms with E-state index in [9.17, 15) is 8.42 Å². The van der Waals surface area contributed by atoms with Crippen molar-refractivity contribution in [3.8, 4) is 0 Å². The molecule has 0 aromatic carbocycles. The summed E-state index contributed by atoms with van der Waals surface area (Å²) in [5, 5.41) is 10.6. The third kappa shape index (κ3) is 3.54. The Balaban J connectivity index is 2.06. The van der Waals surface area contributed by atoms with E-state index in [1.165, 1.54) is 12.8 Å². The van der Waals surface area contributed by atoms with Gasteiger partial charge in [-0.25, -0.2) is 13.1 Å². The Kier molecular flexibility index (Phi) is 4.77. The lowest BCUT2D eigenvalue weighted by atomic mass is 10.1. The molecule has 1 heterocycles. The number of hydrogen-bond donors (Lipinski definition) is 2. The Hall–Kier alpha value is -0.430. The number of nitrogens with one attached hydrogen (secondary N) is 1. The van der Waals surface area contributed by atoms with E-state index in [1.807, 2.05) is 0 Å². The molecule has 4 nitrogen and oxygen atoms in total. The zero-order chi connectivity index (χ0) is 13.0. The van der Waals surface area contributed by atoms with Crippen molar-refractivity contribution >= 4 is 21.4 Å². The number of hydrogen-bond acceptors (Lipinski definition) is 4. The molecule has 1 aromatic rings. The average Bonchev–Trinajstić information content (AvgIpc) is 2.70. The number of rotatable bonds is 4. The second-order valence-electron chi connectivity index (χ2n) is 4.74. The lowest BCUT2D eigenvalue weighted by Crippen LogP contribution is -2.33. The normalized spacial score (nSPS) is 18.7. The van der Waals surface area contributed by atoms with E-state index in [2.05, 4.69) is 4.72 Å². The van der Waals surface area contributed by atoms with E-state index in [-0.39, 0.29) is 12.6 Å². The molecule has 1 aliphatic rings. The predicted octanol–water partition coefficient (Wildman–Crippen LogP) is 2.24. The summed E-state index contributed by atoms with van der Waals surface area (Å²) in [7, 11) is -3.41. The molecule has 0 spiro atoms. The van der Waals surface area contributed by atoms with Gasteiger partial charge in [-0.15, -0.1) is 11.3 Å². The first kappa shape index (κ1) is 14.0. The van der Waals surface area contributed by atoms with Crippen LogP contribution in [-0.4, -0.2) is 19.6 Å². The smallest absolute Gasteiger partial charge is 0.250 e. The van der Waals surface area contributed by atoms with Gasteiger partial charge in [0.15, 0.2) is 0 Å². The van der Waals surface area contributed by atoms with Crippen LogP contribution in [0.4, 0.5) is 0 Å². The molecule has 2 rings (SSSR count). The van der Waals surface area contributed by atoms with Crippen LogP contribution in [-0.2, 0) is 16.6 Å². The largest absolute Gasteiger partial charge is 0.392 e. The van der Waals surface area contributed by atoms with Crippen molar-refractivity contribution < 1.29 is 13.5 Å². The zero-order valence-electron chi connectivity index (χ0n) is 10.3. The Labute approximate surface area is 112 Å². The molecule has 0 radical (unpaired) electrons. The van der Waals surface area contributed by atoms with Gasteiger partial charge in [0.25, 0.3) is 0 Å². The molecule has 0 bridgehead atoms. The minimum absolute atomic E-state index is 0.0668. The highest BCUT2D eigenvalue weighted by Crippen LogP contribution is 2.23. The van der Waals surface area contributed by atoms with Crippen LogP contribution in [0.5, 0.6) is 0 Å². The van der Waals surface area contributed by atoms with Crippen molar-refractivity contribution in [3.05, 3.63) is 17.0 Å². The maximum atomic E-state index is 12.2. The van der Waals surface area contributed by atoms with E-state index in [4.69, 9.17) is 5.11 Å². The molecule has 0 atom stereocenters. The second-order valence-corrected chi connectivity index (χ2v) is 7.59. The summed E-state index contributed by atoms with van der Waals surface area (Å²) < 4.78 is 27.4. The van der Waals surface area contributed by atoms with Gasteiger partial charge in [0.1, 0.15) is 4.21 Å². The molecular formula is C12H19NO3S2. The second kappa shape index (κ2) is 6.14. The van der Waals surface area contributed by atoms with E-state index >= 15 is 0 Å². The molecule has 0 saturated heterocycles. The molecule has 102 valence electrons. The third-order valence-electron chi connectivity index (χ3n) is 3.25. The standard InChI is InChI=1S/C12H19NO3S2/c14-8-10-7-12(17-9-10)18(15,16)13-11-5-3-1-2-4-6-11/h7,9,11,13-14H,1-6,8H2. The van der Waals surface area contributed by atoms with E-state index < -0.39 is 10.0 Å². The Morgan fingerprint density at radius 3 is 2.50 bits per heavy atom. The first-order chi connectivity index (χ1) is 8.62. The van der Waals surface area contributed by atoms with Crippen molar-refractivity contribution in [2.24, 2.45) is 0 Å². The van der Waals surface area contributed by atoms with E-state index in [1.54, 1.807) is 11.4 Å². The van der Waals surface area contributed by atoms with Crippen molar-refractivity contribution in [1.82, 2.24) is 4.72 Å². The fourth-order valence-corrected chi connectivity index (χ4v) is 4.77. The van der Waals surface area contributed by atoms with Crippen LogP contribution in [0.25, 0.3) is 0 Å². The van der Waals surface area contributed by atoms with Crippen molar-refractivity contribution in [2.45, 2.75) is 55.4 Å². The maximum absolute atomic E-state index is 12.2. The topological polar surface area (TPSA) is 66.4 Å². The first-order valence-electron chi connectivity index (χ1n) is 6.32. The van der Waals surface area contributed by atoms with Crippen LogP contribution in [0.2, 0.25) is 0 Å². The lowest BCUT2D eigenvalue weighted by Gasteiger charge is -2.15. The van der Waals surface area contributed by atoms with E-state index in [0.29, 0.717) is 9.77 Å².